The summed E-state index contributed by atoms with van der Waals surface area (Å²) in [5.74, 6) is -1.47. The van der Waals surface area contributed by atoms with Crippen molar-refractivity contribution < 1.29 is 29.0 Å². The molecule has 1 fully saturated rings. The van der Waals surface area contributed by atoms with Crippen molar-refractivity contribution >= 4 is 23.7 Å². The second kappa shape index (κ2) is 15.4. The topological polar surface area (TPSA) is 163 Å². The highest BCUT2D eigenvalue weighted by Crippen LogP contribution is 2.15. The van der Waals surface area contributed by atoms with E-state index in [9.17, 15) is 24.3 Å². The van der Waals surface area contributed by atoms with Gasteiger partial charge in [0.05, 0.1) is 13.2 Å². The number of benzene rings is 1. The molecule has 1 aliphatic rings. The van der Waals surface area contributed by atoms with Crippen molar-refractivity contribution in [1.29, 1.82) is 0 Å². The zero-order chi connectivity index (χ0) is 29.1. The Morgan fingerprint density at radius 3 is 2.13 bits per heavy atom. The van der Waals surface area contributed by atoms with Crippen LogP contribution in [0.25, 0.3) is 0 Å². The number of nitrogens with zero attached hydrogens (tertiary/aromatic N) is 1. The van der Waals surface area contributed by atoms with Gasteiger partial charge in [-0.2, -0.15) is 0 Å². The van der Waals surface area contributed by atoms with E-state index in [0.29, 0.717) is 25.7 Å². The minimum atomic E-state index is -0.869. The normalized spacial score (nSPS) is 23.5. The number of phenols is 1. The second-order valence-corrected chi connectivity index (χ2v) is 11.0. The lowest BCUT2D eigenvalue weighted by molar-refractivity contribution is -0.148. The summed E-state index contributed by atoms with van der Waals surface area (Å²) in [6, 6.07) is 3.73. The number of rotatable bonds is 9. The summed E-state index contributed by atoms with van der Waals surface area (Å²) < 4.78 is 4.82. The number of methoxy groups -OCH3 is 1. The van der Waals surface area contributed by atoms with Crippen molar-refractivity contribution in [1.82, 2.24) is 20.9 Å². The fourth-order valence-electron chi connectivity index (χ4n) is 4.61. The molecule has 0 radical (unpaired) electrons. The van der Waals surface area contributed by atoms with Crippen molar-refractivity contribution in [2.45, 2.75) is 77.5 Å². The third-order valence-electron chi connectivity index (χ3n) is 6.68. The molecule has 1 aromatic rings. The van der Waals surface area contributed by atoms with Gasteiger partial charge in [-0.15, -0.1) is 0 Å². The molecular weight excluding hydrogens is 502 g/mol. The zero-order valence-electron chi connectivity index (χ0n) is 23.7. The number of esters is 1. The van der Waals surface area contributed by atoms with Gasteiger partial charge in [-0.1, -0.05) is 39.8 Å². The molecule has 0 unspecified atom stereocenters. The van der Waals surface area contributed by atoms with E-state index < -0.39 is 30.0 Å². The summed E-state index contributed by atoms with van der Waals surface area (Å²) in [7, 11) is 1.26. The van der Waals surface area contributed by atoms with Crippen molar-refractivity contribution in [2.75, 3.05) is 26.7 Å². The van der Waals surface area contributed by atoms with Crippen molar-refractivity contribution in [3.8, 4) is 5.75 Å². The molecule has 218 valence electrons. The molecule has 1 aliphatic heterocycles. The van der Waals surface area contributed by atoms with Gasteiger partial charge in [0.2, 0.25) is 17.7 Å². The summed E-state index contributed by atoms with van der Waals surface area (Å²) in [6.07, 6.45) is 1.40. The van der Waals surface area contributed by atoms with Crippen LogP contribution in [0.3, 0.4) is 0 Å². The van der Waals surface area contributed by atoms with E-state index >= 15 is 0 Å². The fourth-order valence-corrected chi connectivity index (χ4v) is 4.61. The molecule has 4 atom stereocenters. The van der Waals surface area contributed by atoms with Crippen LogP contribution in [0, 0.1) is 11.8 Å². The van der Waals surface area contributed by atoms with E-state index in [1.807, 2.05) is 27.7 Å². The molecule has 0 aromatic heterocycles. The van der Waals surface area contributed by atoms with E-state index in [2.05, 4.69) is 16.0 Å². The highest BCUT2D eigenvalue weighted by molar-refractivity contribution is 5.94. The zero-order valence-corrected chi connectivity index (χ0v) is 23.7. The predicted octanol–water partition coefficient (Wildman–Crippen LogP) is 0.687. The van der Waals surface area contributed by atoms with Gasteiger partial charge in [0, 0.05) is 19.1 Å². The molecule has 1 heterocycles. The van der Waals surface area contributed by atoms with Gasteiger partial charge in [0.25, 0.3) is 0 Å². The van der Waals surface area contributed by atoms with Gasteiger partial charge in [-0.25, -0.2) is 0 Å². The standard InChI is InChI=1S/C28H45N5O6/c1-17(2)12-22-26(36)32-24(13-18(3)4)28(38)33(16-25(35)39-5)11-10-20(15-29)30-23(27(37)31-22)14-19-6-8-21(34)9-7-19/h6-9,17-18,20,22-24,30,34H,10-16,29H2,1-5H3,(H,31,37)(H,32,36)/t20-,22-,23-,24-/m0/s1. The highest BCUT2D eigenvalue weighted by atomic mass is 16.5. The Morgan fingerprint density at radius 2 is 1.56 bits per heavy atom. The minimum absolute atomic E-state index is 0.0844. The van der Waals surface area contributed by atoms with E-state index in [1.54, 1.807) is 24.3 Å². The van der Waals surface area contributed by atoms with Crippen LogP contribution in [0.2, 0.25) is 0 Å². The Morgan fingerprint density at radius 1 is 1.00 bits per heavy atom. The average molecular weight is 548 g/mol. The number of hydrogen-bond acceptors (Lipinski definition) is 8. The van der Waals surface area contributed by atoms with Crippen molar-refractivity contribution in [2.24, 2.45) is 17.6 Å². The maximum atomic E-state index is 13.6. The van der Waals surface area contributed by atoms with E-state index in [4.69, 9.17) is 10.5 Å². The van der Waals surface area contributed by atoms with Crippen LogP contribution in [0.4, 0.5) is 0 Å². The molecule has 1 aromatic carbocycles. The van der Waals surface area contributed by atoms with Crippen molar-refractivity contribution in [3.05, 3.63) is 29.8 Å². The molecule has 3 amide bonds. The van der Waals surface area contributed by atoms with Gasteiger partial charge in [-0.3, -0.25) is 19.2 Å². The highest BCUT2D eigenvalue weighted by Gasteiger charge is 2.34. The molecule has 39 heavy (non-hydrogen) atoms. The monoisotopic (exact) mass is 547 g/mol. The lowest BCUT2D eigenvalue weighted by Gasteiger charge is -2.30. The van der Waals surface area contributed by atoms with Crippen LogP contribution < -0.4 is 21.7 Å². The van der Waals surface area contributed by atoms with Crippen LogP contribution in [-0.4, -0.2) is 84.6 Å². The predicted molar refractivity (Wildman–Crippen MR) is 148 cm³/mol. The number of nitrogens with one attached hydrogen (secondary N) is 3. The second-order valence-electron chi connectivity index (χ2n) is 11.0. The van der Waals surface area contributed by atoms with E-state index in [-0.39, 0.29) is 55.1 Å². The lowest BCUT2D eigenvalue weighted by Crippen LogP contribution is -2.57. The number of ether oxygens (including phenoxy) is 1. The third kappa shape index (κ3) is 10.5. The number of carbonyl (C=O) groups is 4. The summed E-state index contributed by atoms with van der Waals surface area (Å²) in [5.41, 5.74) is 6.87. The van der Waals surface area contributed by atoms with Crippen LogP contribution in [0.1, 0.15) is 52.5 Å². The van der Waals surface area contributed by atoms with E-state index in [1.165, 1.54) is 12.0 Å². The van der Waals surface area contributed by atoms with Gasteiger partial charge in [0.15, 0.2) is 0 Å². The molecule has 1 saturated heterocycles. The van der Waals surface area contributed by atoms with Crippen LogP contribution in [0.5, 0.6) is 5.75 Å². The summed E-state index contributed by atoms with van der Waals surface area (Å²) in [5, 5.41) is 18.7. The fraction of sp³-hybridized carbons (Fsp3) is 0.643. The molecular formula is C28H45N5O6. The van der Waals surface area contributed by atoms with Crippen LogP contribution in [0.15, 0.2) is 24.3 Å². The third-order valence-corrected chi connectivity index (χ3v) is 6.68. The summed E-state index contributed by atoms with van der Waals surface area (Å²) in [4.78, 5) is 54.3. The Bertz CT molecular complexity index is 968. The molecule has 11 heteroatoms. The molecule has 0 bridgehead atoms. The Labute approximate surface area is 231 Å². The number of phenolic OH excluding ortho intramolecular Hbond substituents is 1. The number of nitrogens with two attached hydrogens (primary N) is 1. The molecule has 2 rings (SSSR count). The molecule has 11 nitrogen and oxygen atoms in total. The number of hydrogen-bond donors (Lipinski definition) is 5. The minimum Gasteiger partial charge on any atom is -0.508 e. The first-order valence-corrected chi connectivity index (χ1v) is 13.6. The Kier molecular flexibility index (Phi) is 12.7. The largest absolute Gasteiger partial charge is 0.508 e. The summed E-state index contributed by atoms with van der Waals surface area (Å²) >= 11 is 0. The molecule has 0 spiro atoms. The van der Waals surface area contributed by atoms with Crippen LogP contribution in [-0.2, 0) is 30.3 Å². The smallest absolute Gasteiger partial charge is 0.325 e. The summed E-state index contributed by atoms with van der Waals surface area (Å²) in [6.45, 7) is 7.89. The molecule has 6 N–H and O–H groups in total. The first-order valence-electron chi connectivity index (χ1n) is 13.6. The number of amides is 3. The number of aromatic hydroxyl groups is 1. The molecule has 0 saturated carbocycles. The van der Waals surface area contributed by atoms with Gasteiger partial charge in [-0.05, 0) is 55.2 Å². The number of carbonyl (C=O) groups excluding carboxylic acids is 4. The van der Waals surface area contributed by atoms with Crippen LogP contribution >= 0.6 is 0 Å². The Hall–Kier alpha value is -3.18. The quantitative estimate of drug-likeness (QED) is 0.282. The van der Waals surface area contributed by atoms with Crippen molar-refractivity contribution in [3.63, 3.8) is 0 Å². The first kappa shape index (κ1) is 32.0. The SMILES string of the molecule is COC(=O)CN1CC[C@@H](CN)N[C@@H](Cc2ccc(O)cc2)C(=O)N[C@@H](CC(C)C)C(=O)N[C@@H](CC(C)C)C1=O. The lowest BCUT2D eigenvalue weighted by atomic mass is 9.99. The maximum Gasteiger partial charge on any atom is 0.325 e. The average Bonchev–Trinajstić information content (AvgIpc) is 2.88. The maximum absolute atomic E-state index is 13.6. The van der Waals surface area contributed by atoms with E-state index in [0.717, 1.165) is 5.56 Å². The Balaban J connectivity index is 2.48. The molecule has 0 aliphatic carbocycles. The first-order chi connectivity index (χ1) is 18.4. The van der Waals surface area contributed by atoms with Gasteiger partial charge >= 0.3 is 5.97 Å². The van der Waals surface area contributed by atoms with Gasteiger partial charge in [0.1, 0.15) is 24.4 Å². The van der Waals surface area contributed by atoms with Gasteiger partial charge < -0.3 is 36.4 Å².